The molecular weight excluding hydrogens is 326 g/mol. The second-order valence-electron chi connectivity index (χ2n) is 7.63. The van der Waals surface area contributed by atoms with Crippen LogP contribution in [0.4, 0.5) is 0 Å². The summed E-state index contributed by atoms with van der Waals surface area (Å²) < 4.78 is 0. The highest BCUT2D eigenvalue weighted by atomic mass is 35.5. The maximum absolute atomic E-state index is 6.74. The zero-order chi connectivity index (χ0) is 17.5. The molecule has 0 N–H and O–H groups in total. The fourth-order valence-electron chi connectivity index (χ4n) is 4.03. The Labute approximate surface area is 158 Å². The summed E-state index contributed by atoms with van der Waals surface area (Å²) in [6.45, 7) is 2.28. The van der Waals surface area contributed by atoms with Gasteiger partial charge in [-0.1, -0.05) is 69.5 Å². The Balaban J connectivity index is 1.55. The fraction of sp³-hybridized carbons (Fsp3) is 0.609. The minimum atomic E-state index is 0.970. The Morgan fingerprint density at radius 2 is 1.64 bits per heavy atom. The topological polar surface area (TPSA) is 12.9 Å². The molecule has 25 heavy (non-hydrogen) atoms. The molecule has 0 bridgehead atoms. The Kier molecular flexibility index (Phi) is 7.16. The van der Waals surface area contributed by atoms with Crippen molar-refractivity contribution in [1.82, 2.24) is 4.98 Å². The van der Waals surface area contributed by atoms with Crippen LogP contribution in [-0.4, -0.2) is 4.98 Å². The number of rotatable bonds is 9. The SMILES string of the molecule is CCCCCCCCCCc1ccc2nc3c(c(Cl)c2c1)CCCC3. The maximum Gasteiger partial charge on any atom is 0.0720 e. The van der Waals surface area contributed by atoms with Crippen LogP contribution in [0.5, 0.6) is 0 Å². The monoisotopic (exact) mass is 357 g/mol. The van der Waals surface area contributed by atoms with Crippen molar-refractivity contribution in [3.05, 3.63) is 40.0 Å². The van der Waals surface area contributed by atoms with Crippen molar-refractivity contribution >= 4 is 22.5 Å². The first-order chi connectivity index (χ1) is 12.3. The third kappa shape index (κ3) is 4.97. The van der Waals surface area contributed by atoms with E-state index in [0.717, 1.165) is 29.8 Å². The zero-order valence-corrected chi connectivity index (χ0v) is 16.5. The number of fused-ring (bicyclic) bond motifs is 2. The predicted octanol–water partition coefficient (Wildman–Crippen LogP) is 7.45. The molecule has 2 heteroatoms. The largest absolute Gasteiger partial charge is 0.252 e. The summed E-state index contributed by atoms with van der Waals surface area (Å²) in [4.78, 5) is 4.88. The number of halogens is 1. The lowest BCUT2D eigenvalue weighted by Gasteiger charge is -2.18. The van der Waals surface area contributed by atoms with Crippen LogP contribution in [-0.2, 0) is 19.3 Å². The van der Waals surface area contributed by atoms with Gasteiger partial charge in [0, 0.05) is 11.1 Å². The quantitative estimate of drug-likeness (QED) is 0.424. The number of hydrogen-bond acceptors (Lipinski definition) is 1. The van der Waals surface area contributed by atoms with Gasteiger partial charge in [0.05, 0.1) is 10.5 Å². The second kappa shape index (κ2) is 9.57. The van der Waals surface area contributed by atoms with E-state index in [-0.39, 0.29) is 0 Å². The number of benzene rings is 1. The summed E-state index contributed by atoms with van der Waals surface area (Å²) in [6, 6.07) is 6.72. The van der Waals surface area contributed by atoms with E-state index < -0.39 is 0 Å². The number of aryl methyl sites for hydroxylation is 2. The molecule has 1 aliphatic rings. The molecule has 1 heterocycles. The molecule has 1 nitrogen and oxygen atoms in total. The lowest BCUT2D eigenvalue weighted by atomic mass is 9.94. The van der Waals surface area contributed by atoms with E-state index in [4.69, 9.17) is 16.6 Å². The Bertz CT molecular complexity index is 692. The molecule has 0 radical (unpaired) electrons. The highest BCUT2D eigenvalue weighted by Gasteiger charge is 2.17. The molecule has 0 fully saturated rings. The lowest BCUT2D eigenvalue weighted by molar-refractivity contribution is 0.575. The standard InChI is InChI=1S/C23H32ClN/c1-2-3-4-5-6-7-8-9-12-18-15-16-22-20(17-18)23(24)19-13-10-11-14-21(19)25-22/h15-17H,2-14H2,1H3. The van der Waals surface area contributed by atoms with Gasteiger partial charge in [-0.3, -0.25) is 4.98 Å². The van der Waals surface area contributed by atoms with Crippen molar-refractivity contribution in [2.75, 3.05) is 0 Å². The van der Waals surface area contributed by atoms with Crippen LogP contribution in [0.3, 0.4) is 0 Å². The van der Waals surface area contributed by atoms with Crippen molar-refractivity contribution < 1.29 is 0 Å². The molecule has 0 aliphatic heterocycles. The third-order valence-corrected chi connectivity index (χ3v) is 6.01. The first-order valence-electron chi connectivity index (χ1n) is 10.4. The van der Waals surface area contributed by atoms with Crippen molar-refractivity contribution in [2.45, 2.75) is 90.4 Å². The molecule has 0 atom stereocenters. The molecule has 1 aromatic heterocycles. The summed E-state index contributed by atoms with van der Waals surface area (Å²) in [5.41, 5.74) is 5.03. The van der Waals surface area contributed by atoms with Gasteiger partial charge in [0.25, 0.3) is 0 Å². The molecule has 136 valence electrons. The van der Waals surface area contributed by atoms with Gasteiger partial charge in [-0.2, -0.15) is 0 Å². The molecule has 2 aromatic rings. The fourth-order valence-corrected chi connectivity index (χ4v) is 4.39. The first-order valence-corrected chi connectivity index (χ1v) is 10.8. The predicted molar refractivity (Wildman–Crippen MR) is 110 cm³/mol. The highest BCUT2D eigenvalue weighted by Crippen LogP contribution is 2.33. The average molecular weight is 358 g/mol. The van der Waals surface area contributed by atoms with E-state index in [0.29, 0.717) is 0 Å². The van der Waals surface area contributed by atoms with Gasteiger partial charge in [0.1, 0.15) is 0 Å². The van der Waals surface area contributed by atoms with Gasteiger partial charge in [-0.05, 0) is 61.8 Å². The molecule has 0 amide bonds. The van der Waals surface area contributed by atoms with Crippen molar-refractivity contribution in [2.24, 2.45) is 0 Å². The zero-order valence-electron chi connectivity index (χ0n) is 15.7. The van der Waals surface area contributed by atoms with Gasteiger partial charge in [-0.15, -0.1) is 0 Å². The number of unbranched alkanes of at least 4 members (excludes halogenated alkanes) is 7. The van der Waals surface area contributed by atoms with Crippen LogP contribution < -0.4 is 0 Å². The smallest absolute Gasteiger partial charge is 0.0720 e. The summed E-state index contributed by atoms with van der Waals surface area (Å²) in [5.74, 6) is 0. The second-order valence-corrected chi connectivity index (χ2v) is 8.01. The van der Waals surface area contributed by atoms with Crippen molar-refractivity contribution in [1.29, 1.82) is 0 Å². The van der Waals surface area contributed by atoms with E-state index in [9.17, 15) is 0 Å². The lowest BCUT2D eigenvalue weighted by Crippen LogP contribution is -2.06. The normalized spacial score (nSPS) is 14.0. The van der Waals surface area contributed by atoms with Gasteiger partial charge < -0.3 is 0 Å². The minimum absolute atomic E-state index is 0.970. The van der Waals surface area contributed by atoms with Crippen LogP contribution in [0.15, 0.2) is 18.2 Å². The Hall–Kier alpha value is -1.08. The number of pyridine rings is 1. The summed E-state index contributed by atoms with van der Waals surface area (Å²) in [6.07, 6.45) is 16.8. The van der Waals surface area contributed by atoms with Gasteiger partial charge in [-0.25, -0.2) is 0 Å². The summed E-state index contributed by atoms with van der Waals surface area (Å²) >= 11 is 6.74. The molecular formula is C23H32ClN. The van der Waals surface area contributed by atoms with Crippen LogP contribution in [0, 0.1) is 0 Å². The van der Waals surface area contributed by atoms with Gasteiger partial charge >= 0.3 is 0 Å². The number of hydrogen-bond donors (Lipinski definition) is 0. The first kappa shape index (κ1) is 18.7. The average Bonchev–Trinajstić information content (AvgIpc) is 2.64. The van der Waals surface area contributed by atoms with Crippen LogP contribution >= 0.6 is 11.6 Å². The Morgan fingerprint density at radius 3 is 2.44 bits per heavy atom. The van der Waals surface area contributed by atoms with Gasteiger partial charge in [0.15, 0.2) is 0 Å². The van der Waals surface area contributed by atoms with E-state index in [2.05, 4.69) is 25.1 Å². The van der Waals surface area contributed by atoms with E-state index in [1.165, 1.54) is 86.4 Å². The molecule has 0 saturated heterocycles. The summed E-state index contributed by atoms with van der Waals surface area (Å²) in [7, 11) is 0. The van der Waals surface area contributed by atoms with E-state index in [1.807, 2.05) is 0 Å². The molecule has 3 rings (SSSR count). The Morgan fingerprint density at radius 1 is 0.920 bits per heavy atom. The molecule has 0 spiro atoms. The third-order valence-electron chi connectivity index (χ3n) is 5.58. The molecule has 0 unspecified atom stereocenters. The van der Waals surface area contributed by atoms with E-state index >= 15 is 0 Å². The molecule has 1 aromatic carbocycles. The maximum atomic E-state index is 6.74. The van der Waals surface area contributed by atoms with E-state index in [1.54, 1.807) is 0 Å². The van der Waals surface area contributed by atoms with Crippen LogP contribution in [0.2, 0.25) is 5.02 Å². The minimum Gasteiger partial charge on any atom is -0.252 e. The molecule has 0 saturated carbocycles. The van der Waals surface area contributed by atoms with Crippen molar-refractivity contribution in [3.8, 4) is 0 Å². The number of nitrogens with zero attached hydrogens (tertiary/aromatic N) is 1. The highest BCUT2D eigenvalue weighted by molar-refractivity contribution is 6.36. The van der Waals surface area contributed by atoms with Crippen LogP contribution in [0.1, 0.15) is 88.0 Å². The van der Waals surface area contributed by atoms with Crippen LogP contribution in [0.25, 0.3) is 10.9 Å². The molecule has 1 aliphatic carbocycles. The summed E-state index contributed by atoms with van der Waals surface area (Å²) in [5, 5.41) is 2.14. The van der Waals surface area contributed by atoms with Gasteiger partial charge in [0.2, 0.25) is 0 Å². The van der Waals surface area contributed by atoms with Crippen molar-refractivity contribution in [3.63, 3.8) is 0 Å². The number of aromatic nitrogens is 1.